The first-order valence-electron chi connectivity index (χ1n) is 7.41. The van der Waals surface area contributed by atoms with E-state index in [1.165, 1.54) is 32.4 Å². The van der Waals surface area contributed by atoms with Crippen molar-refractivity contribution in [2.24, 2.45) is 0 Å². The molecule has 11 heteroatoms. The van der Waals surface area contributed by atoms with Gasteiger partial charge in [0.05, 0.1) is 29.7 Å². The summed E-state index contributed by atoms with van der Waals surface area (Å²) in [5.41, 5.74) is -0.252. The molecule has 2 rings (SSSR count). The monoisotopic (exact) mass is 396 g/mol. The lowest BCUT2D eigenvalue weighted by atomic mass is 10.2. The van der Waals surface area contributed by atoms with Crippen molar-refractivity contribution < 1.29 is 32.7 Å². The normalized spacial score (nSPS) is 10.9. The summed E-state index contributed by atoms with van der Waals surface area (Å²) < 4.78 is 36.7. The molecule has 144 valence electrons. The summed E-state index contributed by atoms with van der Waals surface area (Å²) in [6, 6.07) is 8.28. The van der Waals surface area contributed by atoms with E-state index in [0.717, 1.165) is 24.3 Å². The maximum absolute atomic E-state index is 12.9. The number of carboxylic acids is 1. The molecule has 0 radical (unpaired) electrons. The molecule has 0 heterocycles. The summed E-state index contributed by atoms with van der Waals surface area (Å²) >= 11 is 0. The zero-order valence-electron chi connectivity index (χ0n) is 14.4. The highest BCUT2D eigenvalue weighted by Gasteiger charge is 2.28. The molecule has 0 aliphatic carbocycles. The van der Waals surface area contributed by atoms with Gasteiger partial charge in [0.1, 0.15) is 6.54 Å². The van der Waals surface area contributed by atoms with Crippen LogP contribution in [0.3, 0.4) is 0 Å². The number of benzene rings is 2. The lowest BCUT2D eigenvalue weighted by Crippen LogP contribution is -2.35. The first-order valence-corrected chi connectivity index (χ1v) is 8.85. The fraction of sp³-hybridized carbons (Fsp3) is 0.188. The average Bonchev–Trinajstić information content (AvgIpc) is 2.65. The molecule has 0 saturated heterocycles. The van der Waals surface area contributed by atoms with Gasteiger partial charge in [-0.15, -0.1) is 0 Å². The Balaban J connectivity index is 2.55. The number of nitro benzene ring substituents is 1. The predicted molar refractivity (Wildman–Crippen MR) is 94.8 cm³/mol. The summed E-state index contributed by atoms with van der Waals surface area (Å²) in [4.78, 5) is 21.0. The largest absolute Gasteiger partial charge is 0.493 e. The Kier molecular flexibility index (Phi) is 5.85. The van der Waals surface area contributed by atoms with E-state index in [-0.39, 0.29) is 22.0 Å². The van der Waals surface area contributed by atoms with E-state index in [4.69, 9.17) is 14.6 Å². The Bertz CT molecular complexity index is 957. The van der Waals surface area contributed by atoms with E-state index in [1.807, 2.05) is 0 Å². The van der Waals surface area contributed by atoms with Gasteiger partial charge in [0.15, 0.2) is 11.5 Å². The molecule has 0 bridgehead atoms. The van der Waals surface area contributed by atoms with Crippen molar-refractivity contribution in [3.05, 3.63) is 52.6 Å². The van der Waals surface area contributed by atoms with Crippen molar-refractivity contribution in [3.63, 3.8) is 0 Å². The zero-order valence-corrected chi connectivity index (χ0v) is 15.2. The van der Waals surface area contributed by atoms with Gasteiger partial charge in [-0.3, -0.25) is 19.2 Å². The average molecular weight is 396 g/mol. The van der Waals surface area contributed by atoms with Gasteiger partial charge in [-0.05, 0) is 24.3 Å². The number of rotatable bonds is 8. The minimum absolute atomic E-state index is 0.0356. The Morgan fingerprint density at radius 2 is 1.70 bits per heavy atom. The minimum atomic E-state index is -4.30. The molecule has 0 aliphatic rings. The van der Waals surface area contributed by atoms with Gasteiger partial charge in [-0.25, -0.2) is 8.42 Å². The number of sulfonamides is 1. The van der Waals surface area contributed by atoms with Crippen molar-refractivity contribution in [3.8, 4) is 11.5 Å². The van der Waals surface area contributed by atoms with E-state index in [0.29, 0.717) is 10.1 Å². The molecule has 2 aromatic rings. The van der Waals surface area contributed by atoms with Crippen LogP contribution in [0.2, 0.25) is 0 Å². The number of carbonyl (C=O) groups is 1. The molecule has 0 saturated carbocycles. The number of nitro groups is 1. The van der Waals surface area contributed by atoms with E-state index >= 15 is 0 Å². The van der Waals surface area contributed by atoms with Gasteiger partial charge in [0, 0.05) is 18.2 Å². The highest BCUT2D eigenvalue weighted by molar-refractivity contribution is 7.92. The van der Waals surface area contributed by atoms with Crippen LogP contribution >= 0.6 is 0 Å². The van der Waals surface area contributed by atoms with E-state index < -0.39 is 27.5 Å². The molecular weight excluding hydrogens is 380 g/mol. The number of nitrogens with zero attached hydrogens (tertiary/aromatic N) is 2. The van der Waals surface area contributed by atoms with E-state index in [1.54, 1.807) is 0 Å². The standard InChI is InChI=1S/C16H16N2O8S/c1-25-14-8-5-12(9-15(14)26-2)17(10-16(19)20)27(23,24)13-6-3-11(4-7-13)18(21)22/h3-9H,10H2,1-2H3,(H,19,20). The molecule has 0 aromatic heterocycles. The number of hydrogen-bond acceptors (Lipinski definition) is 7. The van der Waals surface area contributed by atoms with Crippen molar-refractivity contribution in [2.45, 2.75) is 4.90 Å². The number of ether oxygens (including phenoxy) is 2. The molecule has 0 atom stereocenters. The van der Waals surface area contributed by atoms with Crippen molar-refractivity contribution in [2.75, 3.05) is 25.1 Å². The molecule has 1 N–H and O–H groups in total. The third-order valence-electron chi connectivity index (χ3n) is 3.57. The van der Waals surface area contributed by atoms with E-state index in [2.05, 4.69) is 0 Å². The second-order valence-corrected chi connectivity index (χ2v) is 7.06. The van der Waals surface area contributed by atoms with Gasteiger partial charge in [0.25, 0.3) is 15.7 Å². The topological polar surface area (TPSA) is 136 Å². The fourth-order valence-corrected chi connectivity index (χ4v) is 3.69. The maximum Gasteiger partial charge on any atom is 0.324 e. The number of aliphatic carboxylic acids is 1. The Morgan fingerprint density at radius 3 is 2.19 bits per heavy atom. The second-order valence-electron chi connectivity index (χ2n) is 5.20. The summed E-state index contributed by atoms with van der Waals surface area (Å²) in [6.45, 7) is -0.852. The molecule has 2 aromatic carbocycles. The molecule has 27 heavy (non-hydrogen) atoms. The van der Waals surface area contributed by atoms with E-state index in [9.17, 15) is 23.3 Å². The summed E-state index contributed by atoms with van der Waals surface area (Å²) in [6.07, 6.45) is 0. The van der Waals surface area contributed by atoms with Crippen LogP contribution in [0.25, 0.3) is 0 Å². The highest BCUT2D eigenvalue weighted by atomic mass is 32.2. The third-order valence-corrected chi connectivity index (χ3v) is 5.36. The van der Waals surface area contributed by atoms with Crippen LogP contribution in [0.1, 0.15) is 0 Å². The minimum Gasteiger partial charge on any atom is -0.493 e. The Hall–Kier alpha value is -3.34. The maximum atomic E-state index is 12.9. The predicted octanol–water partition coefficient (Wildman–Crippen LogP) is 1.89. The lowest BCUT2D eigenvalue weighted by Gasteiger charge is -2.23. The molecule has 0 aliphatic heterocycles. The highest BCUT2D eigenvalue weighted by Crippen LogP contribution is 2.33. The van der Waals surface area contributed by atoms with Gasteiger partial charge in [0.2, 0.25) is 0 Å². The number of anilines is 1. The molecule has 0 spiro atoms. The molecule has 0 fully saturated rings. The number of methoxy groups -OCH3 is 2. The summed E-state index contributed by atoms with van der Waals surface area (Å²) in [5, 5.41) is 19.9. The van der Waals surface area contributed by atoms with Crippen LogP contribution in [0.4, 0.5) is 11.4 Å². The smallest absolute Gasteiger partial charge is 0.324 e. The quantitative estimate of drug-likeness (QED) is 0.528. The fourth-order valence-electron chi connectivity index (χ4n) is 2.28. The molecular formula is C16H16N2O8S. The first-order chi connectivity index (χ1) is 12.7. The van der Waals surface area contributed by atoms with Crippen molar-refractivity contribution >= 4 is 27.4 Å². The summed E-state index contributed by atoms with van der Waals surface area (Å²) in [5.74, 6) is -0.830. The van der Waals surface area contributed by atoms with Gasteiger partial charge in [-0.1, -0.05) is 0 Å². The van der Waals surface area contributed by atoms with Gasteiger partial charge in [-0.2, -0.15) is 0 Å². The molecule has 0 unspecified atom stereocenters. The van der Waals surface area contributed by atoms with Crippen LogP contribution in [-0.4, -0.2) is 45.2 Å². The van der Waals surface area contributed by atoms with Crippen LogP contribution in [-0.2, 0) is 14.8 Å². The summed E-state index contributed by atoms with van der Waals surface area (Å²) in [7, 11) is -1.54. The van der Waals surface area contributed by atoms with Crippen molar-refractivity contribution in [1.29, 1.82) is 0 Å². The first kappa shape index (κ1) is 20.0. The zero-order chi connectivity index (χ0) is 20.2. The van der Waals surface area contributed by atoms with Crippen LogP contribution < -0.4 is 13.8 Å². The lowest BCUT2D eigenvalue weighted by molar-refractivity contribution is -0.384. The second kappa shape index (κ2) is 7.91. The Morgan fingerprint density at radius 1 is 1.11 bits per heavy atom. The third kappa shape index (κ3) is 4.26. The van der Waals surface area contributed by atoms with Gasteiger partial charge >= 0.3 is 5.97 Å². The Labute approximate surface area is 154 Å². The molecule has 0 amide bonds. The number of hydrogen-bond donors (Lipinski definition) is 1. The van der Waals surface area contributed by atoms with Crippen LogP contribution in [0.15, 0.2) is 47.4 Å². The number of carboxylic acid groups (broad SMARTS) is 1. The number of non-ortho nitro benzene ring substituents is 1. The SMILES string of the molecule is COc1ccc(N(CC(=O)O)S(=O)(=O)c2ccc([N+](=O)[O-])cc2)cc1OC. The van der Waals surface area contributed by atoms with Crippen molar-refractivity contribution in [1.82, 2.24) is 0 Å². The van der Waals surface area contributed by atoms with Gasteiger partial charge < -0.3 is 14.6 Å². The van der Waals surface area contributed by atoms with Crippen LogP contribution in [0.5, 0.6) is 11.5 Å². The van der Waals surface area contributed by atoms with Crippen LogP contribution in [0, 0.1) is 10.1 Å². The molecule has 10 nitrogen and oxygen atoms in total.